The van der Waals surface area contributed by atoms with Crippen LogP contribution in [0.5, 0.6) is 0 Å². The summed E-state index contributed by atoms with van der Waals surface area (Å²) in [7, 11) is 0. The lowest BCUT2D eigenvalue weighted by Gasteiger charge is -2.25. The third-order valence-electron chi connectivity index (χ3n) is 11.8. The monoisotopic (exact) mass is 699 g/mol. The molecule has 0 amide bonds. The van der Waals surface area contributed by atoms with Crippen molar-refractivity contribution in [2.45, 2.75) is 44.4 Å². The average Bonchev–Trinajstić information content (AvgIpc) is 3.84. The Balaban J connectivity index is 1.12. The fourth-order valence-electron chi connectivity index (χ4n) is 9.32. The summed E-state index contributed by atoms with van der Waals surface area (Å²) in [5, 5.41) is 4.24. The van der Waals surface area contributed by atoms with E-state index in [9.17, 15) is 0 Å². The van der Waals surface area contributed by atoms with E-state index < -0.39 is 0 Å². The van der Waals surface area contributed by atoms with Crippen molar-refractivity contribution in [2.24, 2.45) is 0 Å². The maximum Gasteiger partial charge on any atom is 0.136 e. The first-order valence-electron chi connectivity index (χ1n) is 18.8. The summed E-state index contributed by atoms with van der Waals surface area (Å²) < 4.78 is 5.40. The van der Waals surface area contributed by atoms with Gasteiger partial charge in [-0.2, -0.15) is 0 Å². The molecule has 4 heteroatoms. The number of aryl methyl sites for hydroxylation is 1. The zero-order chi connectivity index (χ0) is 35.3. The first-order valence-corrected chi connectivity index (χ1v) is 19.6. The highest BCUT2D eigenvalue weighted by Gasteiger charge is 2.41. The van der Waals surface area contributed by atoms with Gasteiger partial charge in [0.05, 0.1) is 16.9 Å². The van der Waals surface area contributed by atoms with Gasteiger partial charge >= 0.3 is 0 Å². The molecule has 3 nitrogen and oxygen atoms in total. The van der Waals surface area contributed by atoms with Crippen LogP contribution in [0.2, 0.25) is 0 Å². The Labute approximate surface area is 313 Å². The van der Waals surface area contributed by atoms with Crippen molar-refractivity contribution in [3.05, 3.63) is 168 Å². The SMILES string of the molecule is CC1(C)c2ccccc2-c2c1c1c(c3c(n1C1=CCC(c4nc(-c5ccccc5)cc(-c5ccccc5)n4)C=C1)C=CCC3)c1c2sc2ccccc21. The summed E-state index contributed by atoms with van der Waals surface area (Å²) >= 11 is 1.97. The maximum absolute atomic E-state index is 5.20. The van der Waals surface area contributed by atoms with Crippen molar-refractivity contribution in [2.75, 3.05) is 0 Å². The van der Waals surface area contributed by atoms with Crippen molar-refractivity contribution in [3.8, 4) is 33.6 Å². The van der Waals surface area contributed by atoms with E-state index in [1.807, 2.05) is 11.3 Å². The molecule has 0 N–H and O–H groups in total. The molecular weight excluding hydrogens is 663 g/mol. The van der Waals surface area contributed by atoms with Crippen LogP contribution < -0.4 is 0 Å². The Hall–Kier alpha value is -5.84. The normalized spacial score (nSPS) is 16.9. The lowest BCUT2D eigenvalue weighted by Crippen LogP contribution is -2.17. The highest BCUT2D eigenvalue weighted by Crippen LogP contribution is 2.59. The summed E-state index contributed by atoms with van der Waals surface area (Å²) in [6.07, 6.45) is 14.8. The molecule has 0 bridgehead atoms. The van der Waals surface area contributed by atoms with Gasteiger partial charge in [0, 0.05) is 65.0 Å². The van der Waals surface area contributed by atoms with Crippen LogP contribution in [0, 0.1) is 0 Å². The van der Waals surface area contributed by atoms with Crippen LogP contribution in [0.3, 0.4) is 0 Å². The van der Waals surface area contributed by atoms with Crippen molar-refractivity contribution in [1.29, 1.82) is 0 Å². The van der Waals surface area contributed by atoms with Crippen LogP contribution in [-0.2, 0) is 11.8 Å². The number of aromatic nitrogens is 3. The third-order valence-corrected chi connectivity index (χ3v) is 12.9. The Morgan fingerprint density at radius 3 is 2.19 bits per heavy atom. The van der Waals surface area contributed by atoms with Crippen LogP contribution in [0.4, 0.5) is 0 Å². The van der Waals surface area contributed by atoms with Crippen LogP contribution in [0.25, 0.3) is 76.5 Å². The van der Waals surface area contributed by atoms with Crippen LogP contribution >= 0.6 is 11.3 Å². The minimum absolute atomic E-state index is 0.0667. The molecule has 3 aromatic heterocycles. The number of thiophene rings is 1. The second-order valence-corrected chi connectivity index (χ2v) is 16.2. The average molecular weight is 700 g/mol. The molecule has 0 fully saturated rings. The second-order valence-electron chi connectivity index (χ2n) is 15.1. The molecular formula is C49H37N3S. The number of fused-ring (bicyclic) bond motifs is 12. The van der Waals surface area contributed by atoms with E-state index in [1.54, 1.807) is 0 Å². The van der Waals surface area contributed by atoms with Gasteiger partial charge in [-0.05, 0) is 65.8 Å². The standard InChI is InChI=1S/C49H37N3S/c1-49(2)37-22-12-9-19-34(37)44-45(49)46-42(43-36-21-11-14-24-41(36)53-47(43)44)35-20-10-13-23-40(35)52(46)33-27-25-32(26-28-33)48-50-38(30-15-5-3-6-16-30)29-39(51-48)31-17-7-4-8-18-31/h3-9,11-19,21-25,27-29,32H,10,20,26H2,1-2H3. The summed E-state index contributed by atoms with van der Waals surface area (Å²) in [6, 6.07) is 41.3. The molecule has 3 aliphatic carbocycles. The van der Waals surface area contributed by atoms with Crippen molar-refractivity contribution < 1.29 is 0 Å². The lowest BCUT2D eigenvalue weighted by atomic mass is 9.81. The minimum atomic E-state index is -0.155. The predicted octanol–water partition coefficient (Wildman–Crippen LogP) is 13.0. The van der Waals surface area contributed by atoms with Gasteiger partial charge in [-0.25, -0.2) is 9.97 Å². The smallest absolute Gasteiger partial charge is 0.136 e. The first-order chi connectivity index (χ1) is 26.1. The molecule has 1 unspecified atom stereocenters. The third kappa shape index (κ3) is 4.52. The van der Waals surface area contributed by atoms with Gasteiger partial charge in [-0.3, -0.25) is 0 Å². The van der Waals surface area contributed by atoms with E-state index in [-0.39, 0.29) is 11.3 Å². The first kappa shape index (κ1) is 30.8. The highest BCUT2D eigenvalue weighted by atomic mass is 32.1. The molecule has 0 radical (unpaired) electrons. The lowest BCUT2D eigenvalue weighted by molar-refractivity contribution is 0.664. The fourth-order valence-corrected chi connectivity index (χ4v) is 10.6. The number of rotatable bonds is 4. The van der Waals surface area contributed by atoms with Gasteiger partial charge < -0.3 is 4.57 Å². The van der Waals surface area contributed by atoms with E-state index in [0.717, 1.165) is 47.6 Å². The van der Waals surface area contributed by atoms with Crippen molar-refractivity contribution in [3.63, 3.8) is 0 Å². The van der Waals surface area contributed by atoms with E-state index in [4.69, 9.17) is 9.97 Å². The van der Waals surface area contributed by atoms with E-state index in [2.05, 4.69) is 164 Å². The minimum Gasteiger partial charge on any atom is -0.310 e. The molecule has 1 atom stereocenters. The molecule has 254 valence electrons. The number of hydrogen-bond acceptors (Lipinski definition) is 3. The van der Waals surface area contributed by atoms with Gasteiger partial charge in [0.15, 0.2) is 0 Å². The van der Waals surface area contributed by atoms with Crippen molar-refractivity contribution >= 4 is 54.2 Å². The number of allylic oxidation sites excluding steroid dienone is 5. The predicted molar refractivity (Wildman–Crippen MR) is 223 cm³/mol. The molecule has 0 saturated heterocycles. The summed E-state index contributed by atoms with van der Waals surface area (Å²) in [5.41, 5.74) is 15.0. The molecule has 0 saturated carbocycles. The maximum atomic E-state index is 5.20. The Morgan fingerprint density at radius 2 is 1.45 bits per heavy atom. The number of hydrogen-bond donors (Lipinski definition) is 0. The van der Waals surface area contributed by atoms with Crippen LogP contribution in [0.15, 0.2) is 140 Å². The van der Waals surface area contributed by atoms with Gasteiger partial charge in [0.1, 0.15) is 5.82 Å². The molecule has 3 heterocycles. The molecule has 0 spiro atoms. The summed E-state index contributed by atoms with van der Waals surface area (Å²) in [5.74, 6) is 0.928. The molecule has 0 aliphatic heterocycles. The Bertz CT molecular complexity index is 2830. The largest absolute Gasteiger partial charge is 0.310 e. The van der Waals surface area contributed by atoms with Gasteiger partial charge in [-0.15, -0.1) is 11.3 Å². The van der Waals surface area contributed by atoms with Gasteiger partial charge in [0.25, 0.3) is 0 Å². The Morgan fingerprint density at radius 1 is 0.755 bits per heavy atom. The van der Waals surface area contributed by atoms with Gasteiger partial charge in [-0.1, -0.05) is 135 Å². The molecule has 8 aromatic rings. The van der Waals surface area contributed by atoms with Crippen molar-refractivity contribution in [1.82, 2.24) is 14.5 Å². The number of nitrogens with zero attached hydrogens (tertiary/aromatic N) is 3. The molecule has 3 aliphatic rings. The fraction of sp³-hybridized carbons (Fsp3) is 0.143. The quantitative estimate of drug-likeness (QED) is 0.183. The second kappa shape index (κ2) is 11.6. The topological polar surface area (TPSA) is 30.7 Å². The van der Waals surface area contributed by atoms with Gasteiger partial charge in [0.2, 0.25) is 0 Å². The zero-order valence-electron chi connectivity index (χ0n) is 29.8. The van der Waals surface area contributed by atoms with E-state index in [1.165, 1.54) is 70.3 Å². The highest BCUT2D eigenvalue weighted by molar-refractivity contribution is 7.26. The molecule has 53 heavy (non-hydrogen) atoms. The summed E-state index contributed by atoms with van der Waals surface area (Å²) in [6.45, 7) is 4.87. The summed E-state index contributed by atoms with van der Waals surface area (Å²) in [4.78, 5) is 10.4. The number of benzene rings is 5. The van der Waals surface area contributed by atoms with E-state index >= 15 is 0 Å². The van der Waals surface area contributed by atoms with Crippen LogP contribution in [0.1, 0.15) is 60.8 Å². The molecule has 11 rings (SSSR count). The van der Waals surface area contributed by atoms with Crippen LogP contribution in [-0.4, -0.2) is 14.5 Å². The van der Waals surface area contributed by atoms with E-state index in [0.29, 0.717) is 0 Å². The Kier molecular flexibility index (Phi) is 6.72. The molecule has 5 aromatic carbocycles. The zero-order valence-corrected chi connectivity index (χ0v) is 30.6.